The van der Waals surface area contributed by atoms with Crippen molar-refractivity contribution in [2.75, 3.05) is 0 Å². The summed E-state index contributed by atoms with van der Waals surface area (Å²) in [5, 5.41) is 1.86. The Hall–Kier alpha value is -0.0830. The predicted molar refractivity (Wildman–Crippen MR) is 102 cm³/mol. The van der Waals surface area contributed by atoms with Gasteiger partial charge in [-0.25, -0.2) is 0 Å². The van der Waals surface area contributed by atoms with E-state index in [1.807, 2.05) is 5.17 Å². The summed E-state index contributed by atoms with van der Waals surface area (Å²) in [6.45, 7) is 14.9. The van der Waals surface area contributed by atoms with E-state index in [9.17, 15) is 0 Å². The largest absolute Gasteiger partial charge is 1.00 e. The minimum atomic E-state index is -0.354. The van der Waals surface area contributed by atoms with Crippen LogP contribution in [0.2, 0.25) is 16.3 Å². The summed E-state index contributed by atoms with van der Waals surface area (Å²) in [6, 6.07) is 0. The number of allylic oxidation sites excluding steroid dienone is 8. The Morgan fingerprint density at radius 2 is 1.87 bits per heavy atom. The van der Waals surface area contributed by atoms with Gasteiger partial charge in [-0.3, -0.25) is 0 Å². The van der Waals surface area contributed by atoms with Gasteiger partial charge in [-0.05, 0) is 0 Å². The molecule has 0 radical (unpaired) electrons. The van der Waals surface area contributed by atoms with E-state index in [-0.39, 0.29) is 16.7 Å². The Bertz CT molecular complexity index is 718. The van der Waals surface area contributed by atoms with Crippen molar-refractivity contribution in [2.24, 2.45) is 5.41 Å². The van der Waals surface area contributed by atoms with Gasteiger partial charge < -0.3 is 2.85 Å². The molecule has 3 aliphatic rings. The van der Waals surface area contributed by atoms with Crippen molar-refractivity contribution < 1.29 is 27.2 Å². The monoisotopic (exact) mass is 491 g/mol. The van der Waals surface area contributed by atoms with Gasteiger partial charge in [-0.15, -0.1) is 0 Å². The van der Waals surface area contributed by atoms with Gasteiger partial charge in [0.2, 0.25) is 0 Å². The Morgan fingerprint density at radius 3 is 2.43 bits per heavy atom. The van der Waals surface area contributed by atoms with Crippen LogP contribution in [0.5, 0.6) is 0 Å². The molecule has 2 heteroatoms. The van der Waals surface area contributed by atoms with Crippen LogP contribution in [-0.4, -0.2) is 13.6 Å². The maximum absolute atomic E-state index is 2.52. The average Bonchev–Trinajstić information content (AvgIpc) is 3.03. The summed E-state index contributed by atoms with van der Waals surface area (Å²) in [6.07, 6.45) is 12.2. The molecule has 1 unspecified atom stereocenters. The van der Waals surface area contributed by atoms with Crippen molar-refractivity contribution in [3.05, 3.63) is 46.1 Å². The summed E-state index contributed by atoms with van der Waals surface area (Å²) >= 11 is 1.21. The van der Waals surface area contributed by atoms with Crippen LogP contribution in [0.4, 0.5) is 0 Å². The van der Waals surface area contributed by atoms with Crippen molar-refractivity contribution in [2.45, 2.75) is 69.6 Å². The standard InChI is InChI=1S/C21H29Si.Hf.2H/c1-14-15(2)20-17(19(14)16-10-7-8-11-16)12-9-13-18(22(5)6)21(20,3)4;;;/h7-8,10H,9,11-13H2,1-6H3;;;/q;+2;2*-1. The fourth-order valence-corrected chi connectivity index (χ4v) is 9.50. The molecule has 0 spiro atoms. The minimum Gasteiger partial charge on any atom is -1.00 e. The van der Waals surface area contributed by atoms with Crippen LogP contribution in [0.15, 0.2) is 46.1 Å². The predicted octanol–water partition coefficient (Wildman–Crippen LogP) is 6.17. The summed E-state index contributed by atoms with van der Waals surface area (Å²) in [5.74, 6) is 0. The van der Waals surface area contributed by atoms with Gasteiger partial charge in [-0.1, -0.05) is 0 Å². The first-order valence-corrected chi connectivity index (χ1v) is 13.2. The molecule has 123 valence electrons. The third-order valence-electron chi connectivity index (χ3n) is 6.34. The molecule has 0 aromatic heterocycles. The molecule has 3 aliphatic carbocycles. The maximum Gasteiger partial charge on any atom is -1.00 e. The summed E-state index contributed by atoms with van der Waals surface area (Å²) < 4.78 is 0.310. The molecule has 23 heavy (non-hydrogen) atoms. The average molecular weight is 490 g/mol. The van der Waals surface area contributed by atoms with E-state index in [4.69, 9.17) is 0 Å². The molecule has 0 heterocycles. The zero-order valence-electron chi connectivity index (χ0n) is 17.6. The fourth-order valence-electron chi connectivity index (χ4n) is 5.21. The van der Waals surface area contributed by atoms with Gasteiger partial charge >= 0.3 is 159 Å². The molecule has 0 aromatic carbocycles. The Labute approximate surface area is 161 Å². The van der Waals surface area contributed by atoms with Gasteiger partial charge in [0, 0.05) is 0 Å². The topological polar surface area (TPSA) is 0 Å². The van der Waals surface area contributed by atoms with Gasteiger partial charge in [0.25, 0.3) is 0 Å². The van der Waals surface area contributed by atoms with Crippen LogP contribution in [0.25, 0.3) is 0 Å². The van der Waals surface area contributed by atoms with Crippen molar-refractivity contribution in [3.63, 3.8) is 0 Å². The number of hydrogen-bond donors (Lipinski definition) is 0. The van der Waals surface area contributed by atoms with E-state index < -0.39 is 0 Å². The van der Waals surface area contributed by atoms with E-state index in [2.05, 4.69) is 59.0 Å². The smallest absolute Gasteiger partial charge is 1.00 e. The summed E-state index contributed by atoms with van der Waals surface area (Å²) in [5.41, 5.74) is 8.76. The molecule has 0 amide bonds. The third kappa shape index (κ3) is 2.50. The number of rotatable bonds is 1. The van der Waals surface area contributed by atoms with E-state index in [0.29, 0.717) is 3.17 Å². The zero-order chi connectivity index (χ0) is 17.0. The molecule has 0 aromatic rings. The Morgan fingerprint density at radius 1 is 1.17 bits per heavy atom. The van der Waals surface area contributed by atoms with Gasteiger partial charge in [0.05, 0.1) is 0 Å². The zero-order valence-corrected chi connectivity index (χ0v) is 20.2. The van der Waals surface area contributed by atoms with Crippen molar-refractivity contribution in [1.82, 2.24) is 0 Å². The normalized spacial score (nSPS) is 29.9. The van der Waals surface area contributed by atoms with Crippen molar-refractivity contribution in [3.8, 4) is 0 Å². The molecule has 0 saturated heterocycles. The maximum atomic E-state index is 2.52. The molecular formula is C21H31HfSi. The van der Waals surface area contributed by atoms with Crippen LogP contribution < -0.4 is 0 Å². The molecule has 0 N–H and O–H groups in total. The third-order valence-corrected chi connectivity index (χ3v) is 12.0. The Kier molecular flexibility index (Phi) is 4.64. The first kappa shape index (κ1) is 17.7. The molecule has 0 aliphatic heterocycles. The second-order valence-electron chi connectivity index (χ2n) is 8.13. The van der Waals surface area contributed by atoms with Gasteiger partial charge in [0.15, 0.2) is 0 Å². The molecule has 0 bridgehead atoms. The molecular weight excluding hydrogens is 459 g/mol. The number of hydrogen-bond acceptors (Lipinski definition) is 0. The quantitative estimate of drug-likeness (QED) is 0.386. The van der Waals surface area contributed by atoms with Crippen LogP contribution in [0.1, 0.15) is 56.2 Å². The minimum absolute atomic E-state index is 0. The SMILES string of the molecule is CC1=C(C)[C]([Hf+2])(C2=CC=CC2)C2=C1C(C)(C)C(=[Si](C)C)CCC2.[H-].[H-]. The van der Waals surface area contributed by atoms with Gasteiger partial charge in [0.1, 0.15) is 0 Å². The second kappa shape index (κ2) is 6.02. The molecule has 1 atom stereocenters. The van der Waals surface area contributed by atoms with E-state index in [1.165, 1.54) is 50.1 Å². The van der Waals surface area contributed by atoms with Crippen LogP contribution in [0.3, 0.4) is 0 Å². The van der Waals surface area contributed by atoms with E-state index >= 15 is 0 Å². The fraction of sp³-hybridized carbons (Fsp3) is 0.571. The van der Waals surface area contributed by atoms with Crippen LogP contribution in [-0.2, 0) is 24.4 Å². The summed E-state index contributed by atoms with van der Waals surface area (Å²) in [7, 11) is -0.354. The van der Waals surface area contributed by atoms with E-state index in [0.717, 1.165) is 0 Å². The van der Waals surface area contributed by atoms with Crippen LogP contribution >= 0.6 is 0 Å². The first-order valence-electron chi connectivity index (χ1n) is 8.92. The molecule has 0 nitrogen and oxygen atoms in total. The van der Waals surface area contributed by atoms with Gasteiger partial charge in [-0.2, -0.15) is 0 Å². The Balaban J connectivity index is 0.00000156. The molecule has 0 fully saturated rings. The van der Waals surface area contributed by atoms with Crippen molar-refractivity contribution >= 4 is 13.6 Å². The second-order valence-corrected chi connectivity index (χ2v) is 13.4. The first-order chi connectivity index (χ1) is 10.7. The van der Waals surface area contributed by atoms with E-state index in [1.54, 1.807) is 27.9 Å². The summed E-state index contributed by atoms with van der Waals surface area (Å²) in [4.78, 5) is 0. The molecule has 3 rings (SSSR count). The van der Waals surface area contributed by atoms with Crippen molar-refractivity contribution in [1.29, 1.82) is 0 Å². The van der Waals surface area contributed by atoms with Crippen LogP contribution in [0, 0.1) is 5.41 Å². The molecule has 0 saturated carbocycles.